The molecule has 2 aromatic heterocycles. The normalized spacial score (nSPS) is 13.8. The molecule has 1 N–H and O–H groups in total. The average molecular weight is 530 g/mol. The highest BCUT2D eigenvalue weighted by molar-refractivity contribution is 6.33. The van der Waals surface area contributed by atoms with Crippen molar-refractivity contribution in [3.8, 4) is 16.9 Å². The van der Waals surface area contributed by atoms with Crippen LogP contribution >= 0.6 is 23.2 Å². The minimum absolute atomic E-state index is 0.716. The molecule has 3 aromatic carbocycles. The number of hydrogen-bond acceptors (Lipinski definition) is 2. The van der Waals surface area contributed by atoms with E-state index >= 15 is 0 Å². The summed E-state index contributed by atoms with van der Waals surface area (Å²) in [7, 11) is 0. The minimum atomic E-state index is 0.716. The number of halogens is 2. The molecule has 4 nitrogen and oxygen atoms in total. The van der Waals surface area contributed by atoms with Gasteiger partial charge in [0.2, 0.25) is 0 Å². The lowest BCUT2D eigenvalue weighted by Gasteiger charge is -2.27. The maximum Gasteiger partial charge on any atom is 0.0789 e. The predicted molar refractivity (Wildman–Crippen MR) is 154 cm³/mol. The van der Waals surface area contributed by atoms with Gasteiger partial charge >= 0.3 is 0 Å². The molecule has 6 rings (SSSR count). The molecule has 0 saturated carbocycles. The number of para-hydroxylation sites is 1. The van der Waals surface area contributed by atoms with Crippen molar-refractivity contribution in [3.05, 3.63) is 105 Å². The fourth-order valence-electron chi connectivity index (χ4n) is 5.62. The van der Waals surface area contributed by atoms with E-state index in [1.807, 2.05) is 24.4 Å². The lowest BCUT2D eigenvalue weighted by Crippen LogP contribution is -2.30. The highest BCUT2D eigenvalue weighted by Crippen LogP contribution is 2.37. The summed E-state index contributed by atoms with van der Waals surface area (Å²) in [6, 6.07) is 21.2. The van der Waals surface area contributed by atoms with Gasteiger partial charge < -0.3 is 4.98 Å². The second kappa shape index (κ2) is 10.0. The van der Waals surface area contributed by atoms with Crippen molar-refractivity contribution in [3.63, 3.8) is 0 Å². The Balaban J connectivity index is 1.50. The number of rotatable bonds is 6. The first kappa shape index (κ1) is 24.3. The molecule has 3 heterocycles. The highest BCUT2D eigenvalue weighted by atomic mass is 35.5. The molecule has 0 spiro atoms. The van der Waals surface area contributed by atoms with Crippen molar-refractivity contribution in [2.45, 2.75) is 46.2 Å². The Morgan fingerprint density at radius 3 is 2.51 bits per heavy atom. The van der Waals surface area contributed by atoms with Crippen LogP contribution in [0.15, 0.2) is 66.9 Å². The van der Waals surface area contributed by atoms with E-state index in [0.717, 1.165) is 55.0 Å². The SMILES string of the molecule is CCc1cccc(CC)c1-n1nc2c(c1-c1ccc3[nH]ccc3c1)CN(Cc1cc(Cl)ccc1Cl)CC2. The summed E-state index contributed by atoms with van der Waals surface area (Å²) in [5.41, 5.74) is 10.9. The number of nitrogens with zero attached hydrogens (tertiary/aromatic N) is 3. The van der Waals surface area contributed by atoms with E-state index in [-0.39, 0.29) is 0 Å². The predicted octanol–water partition coefficient (Wildman–Crippen LogP) is 8.01. The maximum atomic E-state index is 6.53. The molecule has 0 amide bonds. The Labute approximate surface area is 227 Å². The zero-order valence-corrected chi connectivity index (χ0v) is 22.7. The van der Waals surface area contributed by atoms with Crippen LogP contribution in [0.3, 0.4) is 0 Å². The van der Waals surface area contributed by atoms with Crippen LogP contribution in [0.4, 0.5) is 0 Å². The standard InChI is InChI=1S/C31H30Cl2N4/c1-3-20-6-5-7-21(4-2)30(20)37-31(23-8-11-28-22(16-23)12-14-34-28)26-19-36(15-13-29(26)35-37)18-24-17-25(32)9-10-27(24)33/h5-12,14,16-17,34H,3-4,13,15,18-19H2,1-2H3. The van der Waals surface area contributed by atoms with Gasteiger partial charge in [-0.2, -0.15) is 5.10 Å². The van der Waals surface area contributed by atoms with E-state index < -0.39 is 0 Å². The Bertz CT molecular complexity index is 1570. The van der Waals surface area contributed by atoms with E-state index in [1.165, 1.54) is 44.7 Å². The zero-order chi connectivity index (χ0) is 25.5. The van der Waals surface area contributed by atoms with Gasteiger partial charge in [0.05, 0.1) is 17.1 Å². The summed E-state index contributed by atoms with van der Waals surface area (Å²) in [5, 5.41) is 7.97. The lowest BCUT2D eigenvalue weighted by molar-refractivity contribution is 0.245. The number of aryl methyl sites for hydroxylation is 2. The van der Waals surface area contributed by atoms with Crippen molar-refractivity contribution >= 4 is 34.1 Å². The lowest BCUT2D eigenvalue weighted by atomic mass is 9.98. The number of hydrogen-bond donors (Lipinski definition) is 1. The second-order valence-corrected chi connectivity index (χ2v) is 10.6. The zero-order valence-electron chi connectivity index (χ0n) is 21.2. The van der Waals surface area contributed by atoms with Crippen LogP contribution in [0.1, 0.15) is 41.8 Å². The van der Waals surface area contributed by atoms with E-state index in [2.05, 4.69) is 70.9 Å². The fraction of sp³-hybridized carbons (Fsp3) is 0.258. The first-order valence-electron chi connectivity index (χ1n) is 13.0. The Morgan fingerprint density at radius 2 is 1.73 bits per heavy atom. The Morgan fingerprint density at radius 1 is 0.919 bits per heavy atom. The second-order valence-electron chi connectivity index (χ2n) is 9.79. The summed E-state index contributed by atoms with van der Waals surface area (Å²) in [6.45, 7) is 6.95. The number of fused-ring (bicyclic) bond motifs is 2. The van der Waals surface area contributed by atoms with Gasteiger partial charge in [-0.3, -0.25) is 4.90 Å². The van der Waals surface area contributed by atoms with Gasteiger partial charge in [-0.1, -0.05) is 61.3 Å². The highest BCUT2D eigenvalue weighted by Gasteiger charge is 2.28. The van der Waals surface area contributed by atoms with Gasteiger partial charge in [0.15, 0.2) is 0 Å². The Kier molecular flexibility index (Phi) is 6.58. The van der Waals surface area contributed by atoms with Crippen LogP contribution in [0.25, 0.3) is 27.8 Å². The number of nitrogens with one attached hydrogen (secondary N) is 1. The third-order valence-electron chi connectivity index (χ3n) is 7.52. The third-order valence-corrected chi connectivity index (χ3v) is 8.12. The topological polar surface area (TPSA) is 36.9 Å². The van der Waals surface area contributed by atoms with Gasteiger partial charge in [0, 0.05) is 64.3 Å². The number of H-pyrrole nitrogens is 1. The molecule has 0 fully saturated rings. The first-order valence-corrected chi connectivity index (χ1v) is 13.8. The number of benzene rings is 3. The van der Waals surface area contributed by atoms with E-state index in [1.54, 1.807) is 0 Å². The molecule has 188 valence electrons. The van der Waals surface area contributed by atoms with Crippen molar-refractivity contribution in [2.75, 3.05) is 6.54 Å². The van der Waals surface area contributed by atoms with Gasteiger partial charge in [-0.25, -0.2) is 4.68 Å². The van der Waals surface area contributed by atoms with Crippen molar-refractivity contribution < 1.29 is 0 Å². The summed E-state index contributed by atoms with van der Waals surface area (Å²) in [6.07, 6.45) is 4.82. The van der Waals surface area contributed by atoms with Gasteiger partial charge in [0.1, 0.15) is 0 Å². The fourth-order valence-corrected chi connectivity index (χ4v) is 5.99. The summed E-state index contributed by atoms with van der Waals surface area (Å²) >= 11 is 12.8. The summed E-state index contributed by atoms with van der Waals surface area (Å²) in [5.74, 6) is 0. The monoisotopic (exact) mass is 528 g/mol. The molecule has 0 atom stereocenters. The molecule has 0 radical (unpaired) electrons. The summed E-state index contributed by atoms with van der Waals surface area (Å²) in [4.78, 5) is 5.78. The molecule has 1 aliphatic heterocycles. The van der Waals surface area contributed by atoms with Gasteiger partial charge in [0.25, 0.3) is 0 Å². The quantitative estimate of drug-likeness (QED) is 0.242. The Hall–Kier alpha value is -3.05. The number of aromatic amines is 1. The van der Waals surface area contributed by atoms with Crippen LogP contribution in [-0.4, -0.2) is 26.2 Å². The number of aromatic nitrogens is 3. The molecule has 37 heavy (non-hydrogen) atoms. The summed E-state index contributed by atoms with van der Waals surface area (Å²) < 4.78 is 2.24. The first-order chi connectivity index (χ1) is 18.1. The van der Waals surface area contributed by atoms with Crippen LogP contribution < -0.4 is 0 Å². The van der Waals surface area contributed by atoms with Crippen molar-refractivity contribution in [2.24, 2.45) is 0 Å². The van der Waals surface area contributed by atoms with Crippen molar-refractivity contribution in [1.29, 1.82) is 0 Å². The maximum absolute atomic E-state index is 6.53. The molecule has 0 saturated heterocycles. The molecule has 1 aliphatic rings. The smallest absolute Gasteiger partial charge is 0.0789 e. The molecule has 6 heteroatoms. The largest absolute Gasteiger partial charge is 0.361 e. The molecule has 0 bridgehead atoms. The van der Waals surface area contributed by atoms with Crippen LogP contribution in [0.2, 0.25) is 10.0 Å². The van der Waals surface area contributed by atoms with Gasteiger partial charge in [-0.05, 0) is 65.9 Å². The van der Waals surface area contributed by atoms with E-state index in [9.17, 15) is 0 Å². The van der Waals surface area contributed by atoms with Crippen LogP contribution in [-0.2, 0) is 32.4 Å². The van der Waals surface area contributed by atoms with E-state index in [0.29, 0.717) is 5.02 Å². The molecule has 0 unspecified atom stereocenters. The van der Waals surface area contributed by atoms with Crippen LogP contribution in [0.5, 0.6) is 0 Å². The minimum Gasteiger partial charge on any atom is -0.361 e. The van der Waals surface area contributed by atoms with Crippen molar-refractivity contribution in [1.82, 2.24) is 19.7 Å². The molecular formula is C31H30Cl2N4. The van der Waals surface area contributed by atoms with E-state index in [4.69, 9.17) is 28.3 Å². The third kappa shape index (κ3) is 4.48. The average Bonchev–Trinajstić information content (AvgIpc) is 3.54. The van der Waals surface area contributed by atoms with Crippen LogP contribution in [0, 0.1) is 0 Å². The molecular weight excluding hydrogens is 499 g/mol. The molecule has 0 aliphatic carbocycles. The molecule has 5 aromatic rings. The van der Waals surface area contributed by atoms with Gasteiger partial charge in [-0.15, -0.1) is 0 Å².